The number of thiophene rings is 1. The van der Waals surface area contributed by atoms with Crippen molar-refractivity contribution in [2.24, 2.45) is 11.1 Å². The molecular formula is C13H21ClN2OS. The molecule has 0 bridgehead atoms. The maximum atomic E-state index is 12.0. The topological polar surface area (TPSA) is 55.1 Å². The first-order valence-corrected chi connectivity index (χ1v) is 7.21. The molecule has 0 spiro atoms. The van der Waals surface area contributed by atoms with Crippen molar-refractivity contribution in [3.8, 4) is 0 Å². The van der Waals surface area contributed by atoms with Gasteiger partial charge in [0, 0.05) is 11.8 Å². The lowest BCUT2D eigenvalue weighted by Crippen LogP contribution is -2.36. The van der Waals surface area contributed by atoms with E-state index < -0.39 is 0 Å². The van der Waals surface area contributed by atoms with Crippen LogP contribution in [0.2, 0.25) is 0 Å². The van der Waals surface area contributed by atoms with E-state index in [1.165, 1.54) is 19.3 Å². The predicted octanol–water partition coefficient (Wildman–Crippen LogP) is 3.41. The molecule has 1 aromatic rings. The maximum absolute atomic E-state index is 12.0. The van der Waals surface area contributed by atoms with Crippen LogP contribution in [-0.2, 0) is 4.79 Å². The predicted molar refractivity (Wildman–Crippen MR) is 79.4 cm³/mol. The lowest BCUT2D eigenvalue weighted by atomic mass is 9.71. The number of rotatable bonds is 4. The van der Waals surface area contributed by atoms with Crippen LogP contribution in [0, 0.1) is 5.41 Å². The standard InChI is InChI=1S/C13H20N2OS.ClH/c14-10-13(5-2-1-3-6-13)8-12(16)15-11-4-7-17-9-11;/h4,7,9H,1-3,5-6,8,10,14H2,(H,15,16);1H. The zero-order valence-corrected chi connectivity index (χ0v) is 12.1. The Bertz CT molecular complexity index is 361. The zero-order valence-electron chi connectivity index (χ0n) is 10.5. The van der Waals surface area contributed by atoms with Crippen LogP contribution in [0.5, 0.6) is 0 Å². The quantitative estimate of drug-likeness (QED) is 0.892. The Kier molecular flexibility index (Phi) is 6.12. The molecule has 102 valence electrons. The van der Waals surface area contributed by atoms with Crippen molar-refractivity contribution in [2.45, 2.75) is 38.5 Å². The molecule has 0 saturated heterocycles. The van der Waals surface area contributed by atoms with E-state index in [2.05, 4.69) is 5.32 Å². The third-order valence-corrected chi connectivity index (χ3v) is 4.37. The summed E-state index contributed by atoms with van der Waals surface area (Å²) in [4.78, 5) is 12.0. The highest BCUT2D eigenvalue weighted by atomic mass is 35.5. The van der Waals surface area contributed by atoms with E-state index in [-0.39, 0.29) is 23.7 Å². The third kappa shape index (κ3) is 3.97. The van der Waals surface area contributed by atoms with Gasteiger partial charge >= 0.3 is 0 Å². The highest BCUT2D eigenvalue weighted by Gasteiger charge is 2.32. The van der Waals surface area contributed by atoms with Crippen molar-refractivity contribution in [3.63, 3.8) is 0 Å². The number of nitrogens with two attached hydrogens (primary N) is 1. The van der Waals surface area contributed by atoms with Gasteiger partial charge in [-0.05, 0) is 36.2 Å². The molecule has 0 radical (unpaired) electrons. The first-order chi connectivity index (χ1) is 8.24. The van der Waals surface area contributed by atoms with E-state index in [0.29, 0.717) is 13.0 Å². The largest absolute Gasteiger partial charge is 0.330 e. The second-order valence-electron chi connectivity index (χ2n) is 5.00. The molecule has 0 unspecified atom stereocenters. The average molecular weight is 289 g/mol. The van der Waals surface area contributed by atoms with Gasteiger partial charge in [0.2, 0.25) is 5.91 Å². The van der Waals surface area contributed by atoms with E-state index in [1.54, 1.807) is 11.3 Å². The molecular weight excluding hydrogens is 268 g/mol. The molecule has 1 saturated carbocycles. The van der Waals surface area contributed by atoms with Crippen LogP contribution in [0.4, 0.5) is 5.69 Å². The fourth-order valence-electron chi connectivity index (χ4n) is 2.64. The Morgan fingerprint density at radius 2 is 2.11 bits per heavy atom. The minimum Gasteiger partial charge on any atom is -0.330 e. The van der Waals surface area contributed by atoms with Gasteiger partial charge < -0.3 is 11.1 Å². The molecule has 1 aromatic heterocycles. The van der Waals surface area contributed by atoms with Gasteiger partial charge in [0.1, 0.15) is 0 Å². The number of halogens is 1. The molecule has 1 amide bonds. The Balaban J connectivity index is 0.00000162. The summed E-state index contributed by atoms with van der Waals surface area (Å²) in [6.07, 6.45) is 6.47. The first-order valence-electron chi connectivity index (χ1n) is 6.26. The van der Waals surface area contributed by atoms with E-state index in [4.69, 9.17) is 5.73 Å². The first kappa shape index (κ1) is 15.5. The molecule has 1 fully saturated rings. The van der Waals surface area contributed by atoms with E-state index in [0.717, 1.165) is 18.5 Å². The van der Waals surface area contributed by atoms with Gasteiger partial charge in [-0.2, -0.15) is 11.3 Å². The second kappa shape index (κ2) is 7.12. The fraction of sp³-hybridized carbons (Fsp3) is 0.615. The molecule has 0 atom stereocenters. The summed E-state index contributed by atoms with van der Waals surface area (Å²) in [5.41, 5.74) is 6.84. The number of carbonyl (C=O) groups is 1. The molecule has 0 aliphatic heterocycles. The number of nitrogens with one attached hydrogen (secondary N) is 1. The van der Waals surface area contributed by atoms with Gasteiger partial charge in [-0.3, -0.25) is 4.79 Å². The summed E-state index contributed by atoms with van der Waals surface area (Å²) >= 11 is 1.59. The van der Waals surface area contributed by atoms with Crippen LogP contribution >= 0.6 is 23.7 Å². The summed E-state index contributed by atoms with van der Waals surface area (Å²) in [7, 11) is 0. The van der Waals surface area contributed by atoms with E-state index in [1.807, 2.05) is 16.8 Å². The van der Waals surface area contributed by atoms with Crippen LogP contribution in [0.3, 0.4) is 0 Å². The second-order valence-corrected chi connectivity index (χ2v) is 5.78. The van der Waals surface area contributed by atoms with Crippen LogP contribution in [0.15, 0.2) is 16.8 Å². The van der Waals surface area contributed by atoms with Crippen molar-refractivity contribution >= 4 is 35.3 Å². The normalized spacial score (nSPS) is 17.8. The molecule has 0 aromatic carbocycles. The minimum absolute atomic E-state index is 0. The lowest BCUT2D eigenvalue weighted by molar-refractivity contribution is -0.118. The molecule has 1 heterocycles. The fourth-order valence-corrected chi connectivity index (χ4v) is 3.22. The number of hydrogen-bond donors (Lipinski definition) is 2. The van der Waals surface area contributed by atoms with Crippen molar-refractivity contribution in [2.75, 3.05) is 11.9 Å². The molecule has 18 heavy (non-hydrogen) atoms. The third-order valence-electron chi connectivity index (χ3n) is 3.69. The highest BCUT2D eigenvalue weighted by molar-refractivity contribution is 7.08. The van der Waals surface area contributed by atoms with Crippen LogP contribution in [0.25, 0.3) is 0 Å². The smallest absolute Gasteiger partial charge is 0.225 e. The van der Waals surface area contributed by atoms with E-state index >= 15 is 0 Å². The lowest BCUT2D eigenvalue weighted by Gasteiger charge is -2.35. The number of amides is 1. The molecule has 1 aliphatic rings. The number of anilines is 1. The van der Waals surface area contributed by atoms with Crippen LogP contribution in [0.1, 0.15) is 38.5 Å². The Hall–Kier alpha value is -0.580. The van der Waals surface area contributed by atoms with Gasteiger partial charge in [0.15, 0.2) is 0 Å². The molecule has 2 rings (SSSR count). The Labute approximate surface area is 119 Å². The maximum Gasteiger partial charge on any atom is 0.225 e. The van der Waals surface area contributed by atoms with Crippen LogP contribution in [-0.4, -0.2) is 12.5 Å². The Morgan fingerprint density at radius 3 is 2.67 bits per heavy atom. The molecule has 5 heteroatoms. The summed E-state index contributed by atoms with van der Waals surface area (Å²) in [5, 5.41) is 6.86. The van der Waals surface area contributed by atoms with Crippen LogP contribution < -0.4 is 11.1 Å². The summed E-state index contributed by atoms with van der Waals surface area (Å²) in [6.45, 7) is 0.629. The summed E-state index contributed by atoms with van der Waals surface area (Å²) in [5.74, 6) is 0.107. The zero-order chi connectivity index (χ0) is 12.1. The average Bonchev–Trinajstić information content (AvgIpc) is 2.83. The van der Waals surface area contributed by atoms with Gasteiger partial charge in [0.05, 0.1) is 5.69 Å². The summed E-state index contributed by atoms with van der Waals surface area (Å²) < 4.78 is 0. The minimum atomic E-state index is 0. The van der Waals surface area contributed by atoms with Crippen molar-refractivity contribution in [1.29, 1.82) is 0 Å². The Morgan fingerprint density at radius 1 is 1.39 bits per heavy atom. The molecule has 3 nitrogen and oxygen atoms in total. The van der Waals surface area contributed by atoms with Crippen molar-refractivity contribution in [1.82, 2.24) is 0 Å². The van der Waals surface area contributed by atoms with Gasteiger partial charge in [-0.1, -0.05) is 19.3 Å². The van der Waals surface area contributed by atoms with Gasteiger partial charge in [0.25, 0.3) is 0 Å². The monoisotopic (exact) mass is 288 g/mol. The van der Waals surface area contributed by atoms with E-state index in [9.17, 15) is 4.79 Å². The summed E-state index contributed by atoms with van der Waals surface area (Å²) in [6, 6.07) is 1.93. The van der Waals surface area contributed by atoms with Crippen molar-refractivity contribution in [3.05, 3.63) is 16.8 Å². The molecule has 3 N–H and O–H groups in total. The van der Waals surface area contributed by atoms with Crippen molar-refractivity contribution < 1.29 is 4.79 Å². The van der Waals surface area contributed by atoms with Gasteiger partial charge in [-0.25, -0.2) is 0 Å². The molecule has 1 aliphatic carbocycles. The SMILES string of the molecule is Cl.NCC1(CC(=O)Nc2ccsc2)CCCCC1. The number of hydrogen-bond acceptors (Lipinski definition) is 3. The number of carbonyl (C=O) groups excluding carboxylic acids is 1. The highest BCUT2D eigenvalue weighted by Crippen LogP contribution is 2.38. The van der Waals surface area contributed by atoms with Gasteiger partial charge in [-0.15, -0.1) is 12.4 Å².